The summed E-state index contributed by atoms with van der Waals surface area (Å²) in [6.07, 6.45) is 5.40. The number of benzene rings is 1. The van der Waals surface area contributed by atoms with Gasteiger partial charge in [-0.15, -0.1) is 0 Å². The zero-order valence-corrected chi connectivity index (χ0v) is 11.9. The van der Waals surface area contributed by atoms with Gasteiger partial charge in [-0.3, -0.25) is 9.55 Å². The summed E-state index contributed by atoms with van der Waals surface area (Å²) in [7, 11) is 3.24. The number of pyridine rings is 1. The van der Waals surface area contributed by atoms with Crippen molar-refractivity contribution in [3.63, 3.8) is 0 Å². The first-order valence-electron chi connectivity index (χ1n) is 6.50. The maximum Gasteiger partial charge on any atom is 0.163 e. The molecule has 0 saturated heterocycles. The molecule has 0 saturated carbocycles. The predicted molar refractivity (Wildman–Crippen MR) is 79.9 cm³/mol. The van der Waals surface area contributed by atoms with E-state index in [1.807, 2.05) is 47.2 Å². The molecule has 0 aliphatic heterocycles. The Morgan fingerprint density at radius 1 is 0.905 bits per heavy atom. The maximum atomic E-state index is 5.35. The lowest BCUT2D eigenvalue weighted by molar-refractivity contribution is 0.355. The maximum absolute atomic E-state index is 5.35. The van der Waals surface area contributed by atoms with Crippen LogP contribution < -0.4 is 9.47 Å². The monoisotopic (exact) mass is 281 g/mol. The average Bonchev–Trinajstić information content (AvgIpc) is 3.04. The standard InChI is InChI=1S/C16H15N3O2/c1-20-14-7-6-12(11-15(14)21-2)19-10-9-18-16(19)13-5-3-4-8-17-13/h3-11H,1-2H3. The Morgan fingerprint density at radius 2 is 1.76 bits per heavy atom. The minimum Gasteiger partial charge on any atom is -0.493 e. The van der Waals surface area contributed by atoms with Crippen LogP contribution in [0.3, 0.4) is 0 Å². The second kappa shape index (κ2) is 5.66. The fourth-order valence-corrected chi connectivity index (χ4v) is 2.17. The molecule has 0 atom stereocenters. The third-order valence-electron chi connectivity index (χ3n) is 3.18. The van der Waals surface area contributed by atoms with Gasteiger partial charge < -0.3 is 9.47 Å². The molecule has 1 aromatic carbocycles. The van der Waals surface area contributed by atoms with E-state index < -0.39 is 0 Å². The van der Waals surface area contributed by atoms with Crippen molar-refractivity contribution in [1.29, 1.82) is 0 Å². The Labute approximate surface area is 122 Å². The predicted octanol–water partition coefficient (Wildman–Crippen LogP) is 2.95. The molecule has 5 heteroatoms. The molecule has 3 aromatic rings. The van der Waals surface area contributed by atoms with Crippen molar-refractivity contribution in [1.82, 2.24) is 14.5 Å². The van der Waals surface area contributed by atoms with E-state index in [1.165, 1.54) is 0 Å². The molecular formula is C16H15N3O2. The lowest BCUT2D eigenvalue weighted by atomic mass is 10.2. The number of hydrogen-bond donors (Lipinski definition) is 0. The van der Waals surface area contributed by atoms with E-state index in [-0.39, 0.29) is 0 Å². The molecule has 106 valence electrons. The van der Waals surface area contributed by atoms with Crippen molar-refractivity contribution >= 4 is 0 Å². The number of ether oxygens (including phenoxy) is 2. The van der Waals surface area contributed by atoms with Gasteiger partial charge in [-0.05, 0) is 24.3 Å². The summed E-state index contributed by atoms with van der Waals surface area (Å²) >= 11 is 0. The summed E-state index contributed by atoms with van der Waals surface area (Å²) in [6.45, 7) is 0. The first-order valence-corrected chi connectivity index (χ1v) is 6.50. The molecule has 0 aliphatic carbocycles. The van der Waals surface area contributed by atoms with E-state index in [1.54, 1.807) is 26.6 Å². The third kappa shape index (κ3) is 2.45. The summed E-state index contributed by atoms with van der Waals surface area (Å²) < 4.78 is 12.6. The highest BCUT2D eigenvalue weighted by molar-refractivity contribution is 5.56. The molecule has 5 nitrogen and oxygen atoms in total. The Bertz CT molecular complexity index is 738. The number of methoxy groups -OCH3 is 2. The van der Waals surface area contributed by atoms with Gasteiger partial charge >= 0.3 is 0 Å². The van der Waals surface area contributed by atoms with E-state index in [0.29, 0.717) is 11.5 Å². The van der Waals surface area contributed by atoms with Gasteiger partial charge in [-0.2, -0.15) is 0 Å². The minimum absolute atomic E-state index is 0.677. The van der Waals surface area contributed by atoms with Gasteiger partial charge in [0, 0.05) is 24.7 Å². The number of nitrogens with zero attached hydrogens (tertiary/aromatic N) is 3. The van der Waals surface area contributed by atoms with Crippen molar-refractivity contribution < 1.29 is 9.47 Å². The van der Waals surface area contributed by atoms with Gasteiger partial charge in [-0.1, -0.05) is 6.07 Å². The van der Waals surface area contributed by atoms with E-state index in [2.05, 4.69) is 9.97 Å². The van der Waals surface area contributed by atoms with Crippen LogP contribution in [-0.2, 0) is 0 Å². The van der Waals surface area contributed by atoms with Crippen molar-refractivity contribution in [2.24, 2.45) is 0 Å². The molecule has 3 rings (SSSR count). The summed E-state index contributed by atoms with van der Waals surface area (Å²) in [6, 6.07) is 11.5. The Balaban J connectivity index is 2.08. The molecule has 2 aromatic heterocycles. The first kappa shape index (κ1) is 13.2. The van der Waals surface area contributed by atoms with Gasteiger partial charge in [0.15, 0.2) is 17.3 Å². The topological polar surface area (TPSA) is 49.2 Å². The Kier molecular flexibility index (Phi) is 3.55. The van der Waals surface area contributed by atoms with Gasteiger partial charge in [0.2, 0.25) is 0 Å². The fraction of sp³-hybridized carbons (Fsp3) is 0.125. The van der Waals surface area contributed by atoms with Crippen molar-refractivity contribution in [2.75, 3.05) is 14.2 Å². The number of aromatic nitrogens is 3. The molecule has 0 fully saturated rings. The largest absolute Gasteiger partial charge is 0.493 e. The molecule has 0 bridgehead atoms. The van der Waals surface area contributed by atoms with Crippen molar-refractivity contribution in [3.8, 4) is 28.7 Å². The average molecular weight is 281 g/mol. The lowest BCUT2D eigenvalue weighted by Crippen LogP contribution is -1.99. The zero-order valence-electron chi connectivity index (χ0n) is 11.9. The first-order chi connectivity index (χ1) is 10.3. The summed E-state index contributed by atoms with van der Waals surface area (Å²) in [4.78, 5) is 8.73. The Hall–Kier alpha value is -2.82. The number of hydrogen-bond acceptors (Lipinski definition) is 4. The zero-order chi connectivity index (χ0) is 14.7. The summed E-state index contributed by atoms with van der Waals surface area (Å²) in [5, 5.41) is 0. The molecular weight excluding hydrogens is 266 g/mol. The van der Waals surface area contributed by atoms with Gasteiger partial charge in [0.25, 0.3) is 0 Å². The van der Waals surface area contributed by atoms with Crippen LogP contribution in [0.25, 0.3) is 17.2 Å². The van der Waals surface area contributed by atoms with E-state index in [4.69, 9.17) is 9.47 Å². The molecule has 0 radical (unpaired) electrons. The molecule has 0 spiro atoms. The Morgan fingerprint density at radius 3 is 2.48 bits per heavy atom. The third-order valence-corrected chi connectivity index (χ3v) is 3.18. The van der Waals surface area contributed by atoms with E-state index in [9.17, 15) is 0 Å². The van der Waals surface area contributed by atoms with Gasteiger partial charge in [0.05, 0.1) is 19.9 Å². The van der Waals surface area contributed by atoms with Crippen LogP contribution in [0.5, 0.6) is 11.5 Å². The van der Waals surface area contributed by atoms with Gasteiger partial charge in [-0.25, -0.2) is 4.98 Å². The van der Waals surface area contributed by atoms with Crippen LogP contribution >= 0.6 is 0 Å². The smallest absolute Gasteiger partial charge is 0.163 e. The second-order valence-corrected chi connectivity index (χ2v) is 4.38. The molecule has 2 heterocycles. The normalized spacial score (nSPS) is 10.4. The summed E-state index contributed by atoms with van der Waals surface area (Å²) in [5.74, 6) is 2.15. The fourth-order valence-electron chi connectivity index (χ4n) is 2.17. The van der Waals surface area contributed by atoms with E-state index >= 15 is 0 Å². The molecule has 0 unspecified atom stereocenters. The van der Waals surface area contributed by atoms with Gasteiger partial charge in [0.1, 0.15) is 5.69 Å². The van der Waals surface area contributed by atoms with Crippen molar-refractivity contribution in [3.05, 3.63) is 55.0 Å². The highest BCUT2D eigenvalue weighted by Crippen LogP contribution is 2.30. The minimum atomic E-state index is 0.677. The van der Waals surface area contributed by atoms with Crippen LogP contribution in [0, 0.1) is 0 Å². The summed E-state index contributed by atoms with van der Waals surface area (Å²) in [5.41, 5.74) is 1.75. The molecule has 0 aliphatic rings. The molecule has 0 N–H and O–H groups in total. The second-order valence-electron chi connectivity index (χ2n) is 4.38. The van der Waals surface area contributed by atoms with Crippen LogP contribution in [0.2, 0.25) is 0 Å². The SMILES string of the molecule is COc1ccc(-n2ccnc2-c2ccccn2)cc1OC. The highest BCUT2D eigenvalue weighted by atomic mass is 16.5. The van der Waals surface area contributed by atoms with Crippen LogP contribution in [-0.4, -0.2) is 28.8 Å². The van der Waals surface area contributed by atoms with Crippen LogP contribution in [0.4, 0.5) is 0 Å². The quantitative estimate of drug-likeness (QED) is 0.737. The molecule has 21 heavy (non-hydrogen) atoms. The van der Waals surface area contributed by atoms with Crippen LogP contribution in [0.15, 0.2) is 55.0 Å². The number of rotatable bonds is 4. The van der Waals surface area contributed by atoms with E-state index in [0.717, 1.165) is 17.2 Å². The molecule has 0 amide bonds. The highest BCUT2D eigenvalue weighted by Gasteiger charge is 2.11. The van der Waals surface area contributed by atoms with Crippen LogP contribution in [0.1, 0.15) is 0 Å². The van der Waals surface area contributed by atoms with Crippen molar-refractivity contribution in [2.45, 2.75) is 0 Å². The lowest BCUT2D eigenvalue weighted by Gasteiger charge is -2.11. The number of imidazole rings is 1.